The maximum absolute atomic E-state index is 11.9. The van der Waals surface area contributed by atoms with Crippen molar-refractivity contribution in [3.8, 4) is 0 Å². The summed E-state index contributed by atoms with van der Waals surface area (Å²) in [5.41, 5.74) is -0.539. The van der Waals surface area contributed by atoms with Crippen LogP contribution in [0.4, 0.5) is 4.79 Å². The molecule has 0 spiro atoms. The summed E-state index contributed by atoms with van der Waals surface area (Å²) >= 11 is 0. The highest BCUT2D eigenvalue weighted by Gasteiger charge is 2.42. The number of carbonyl (C=O) groups excluding carboxylic acids is 1. The second kappa shape index (κ2) is 6.90. The molecule has 0 saturated carbocycles. The highest BCUT2D eigenvalue weighted by molar-refractivity contribution is 5.75. The van der Waals surface area contributed by atoms with Gasteiger partial charge in [0.1, 0.15) is 12.2 Å². The largest absolute Gasteiger partial charge is 0.480 e. The van der Waals surface area contributed by atoms with Crippen LogP contribution in [-0.2, 0) is 9.53 Å². The number of hydrogen-bond donors (Lipinski definition) is 2. The van der Waals surface area contributed by atoms with Gasteiger partial charge >= 0.3 is 12.0 Å². The topological polar surface area (TPSA) is 82.1 Å². The van der Waals surface area contributed by atoms with Crippen LogP contribution in [0.25, 0.3) is 0 Å². The molecule has 1 unspecified atom stereocenters. The number of amides is 2. The number of ether oxygens (including phenoxy) is 1. The van der Waals surface area contributed by atoms with Crippen LogP contribution < -0.4 is 5.32 Å². The first kappa shape index (κ1) is 16.7. The van der Waals surface area contributed by atoms with Crippen LogP contribution >= 0.6 is 0 Å². The maximum Gasteiger partial charge on any atom is 0.329 e. The molecule has 20 heavy (non-hydrogen) atoms. The van der Waals surface area contributed by atoms with Crippen molar-refractivity contribution in [3.63, 3.8) is 0 Å². The fourth-order valence-electron chi connectivity index (χ4n) is 2.06. The van der Waals surface area contributed by atoms with Gasteiger partial charge < -0.3 is 25.0 Å². The molecule has 1 rings (SSSR count). The first-order valence-electron chi connectivity index (χ1n) is 6.78. The molecule has 1 fully saturated rings. The molecule has 0 aromatic heterocycles. The molecule has 0 aliphatic carbocycles. The van der Waals surface area contributed by atoms with Gasteiger partial charge in [-0.15, -0.1) is 0 Å². The molecular weight excluding hydrogens is 262 g/mol. The number of carboxylic acid groups (broad SMARTS) is 1. The zero-order chi connectivity index (χ0) is 15.3. The number of nitrogens with one attached hydrogen (secondary N) is 1. The number of rotatable bonds is 7. The van der Waals surface area contributed by atoms with Crippen molar-refractivity contribution in [2.24, 2.45) is 0 Å². The van der Waals surface area contributed by atoms with E-state index in [4.69, 9.17) is 9.84 Å². The molecule has 1 aliphatic rings. The normalized spacial score (nSPS) is 18.6. The lowest BCUT2D eigenvalue weighted by atomic mass is 9.97. The minimum atomic E-state index is -0.994. The summed E-state index contributed by atoms with van der Waals surface area (Å²) < 4.78 is 5.26. The second-order valence-corrected chi connectivity index (χ2v) is 5.93. The Morgan fingerprint density at radius 1 is 1.45 bits per heavy atom. The first-order valence-corrected chi connectivity index (χ1v) is 6.78. The molecule has 0 aromatic carbocycles. The lowest BCUT2D eigenvalue weighted by molar-refractivity contribution is -0.159. The molecule has 1 heterocycles. The van der Waals surface area contributed by atoms with Crippen molar-refractivity contribution >= 4 is 12.0 Å². The summed E-state index contributed by atoms with van der Waals surface area (Å²) in [6.45, 7) is 5.22. The van der Waals surface area contributed by atoms with Crippen LogP contribution in [0.15, 0.2) is 0 Å². The van der Waals surface area contributed by atoms with Crippen molar-refractivity contribution in [3.05, 3.63) is 0 Å². The van der Waals surface area contributed by atoms with Gasteiger partial charge in [-0.25, -0.2) is 9.59 Å². The van der Waals surface area contributed by atoms with E-state index in [-0.39, 0.29) is 18.7 Å². The Bertz CT molecular complexity index is 354. The van der Waals surface area contributed by atoms with Crippen molar-refractivity contribution in [2.75, 3.05) is 40.3 Å². The summed E-state index contributed by atoms with van der Waals surface area (Å²) in [6.07, 6.45) is 0.888. The van der Waals surface area contributed by atoms with Crippen molar-refractivity contribution in [1.29, 1.82) is 0 Å². The van der Waals surface area contributed by atoms with E-state index in [1.165, 1.54) is 0 Å². The van der Waals surface area contributed by atoms with Crippen LogP contribution in [0.3, 0.4) is 0 Å². The van der Waals surface area contributed by atoms with Crippen LogP contribution in [0.1, 0.15) is 20.3 Å². The zero-order valence-corrected chi connectivity index (χ0v) is 12.7. The predicted molar refractivity (Wildman–Crippen MR) is 74.7 cm³/mol. The van der Waals surface area contributed by atoms with E-state index >= 15 is 0 Å². The molecule has 2 amide bonds. The second-order valence-electron chi connectivity index (χ2n) is 5.93. The Morgan fingerprint density at radius 3 is 2.55 bits per heavy atom. The lowest BCUT2D eigenvalue weighted by Gasteiger charge is -2.47. The lowest BCUT2D eigenvalue weighted by Crippen LogP contribution is -2.65. The van der Waals surface area contributed by atoms with Gasteiger partial charge in [0, 0.05) is 6.04 Å². The van der Waals surface area contributed by atoms with Gasteiger partial charge in [-0.3, -0.25) is 0 Å². The number of urea groups is 1. The van der Waals surface area contributed by atoms with E-state index in [1.54, 1.807) is 4.90 Å². The Hall–Kier alpha value is -1.34. The molecular formula is C13H25N3O4. The minimum absolute atomic E-state index is 0.108. The quantitative estimate of drug-likeness (QED) is 0.699. The van der Waals surface area contributed by atoms with Crippen LogP contribution in [0, 0.1) is 0 Å². The van der Waals surface area contributed by atoms with E-state index in [9.17, 15) is 9.59 Å². The number of carboxylic acids is 1. The van der Waals surface area contributed by atoms with Gasteiger partial charge in [0.25, 0.3) is 0 Å². The highest BCUT2D eigenvalue weighted by atomic mass is 16.5. The molecule has 1 aliphatic heterocycles. The summed E-state index contributed by atoms with van der Waals surface area (Å²) in [5.74, 6) is -0.994. The smallest absolute Gasteiger partial charge is 0.329 e. The standard InChI is InChI=1S/C13H25N3O4/c1-10(5-6-15(3)4)14-12(19)16-8-13(2,9-16)20-7-11(17)18/h10H,5-9H2,1-4H3,(H,14,19)(H,17,18). The predicted octanol–water partition coefficient (Wildman–Crippen LogP) is 0.212. The van der Waals surface area contributed by atoms with E-state index in [1.807, 2.05) is 27.9 Å². The van der Waals surface area contributed by atoms with Crippen molar-refractivity contribution in [1.82, 2.24) is 15.1 Å². The van der Waals surface area contributed by atoms with E-state index < -0.39 is 11.6 Å². The van der Waals surface area contributed by atoms with Gasteiger partial charge in [-0.05, 0) is 40.9 Å². The van der Waals surface area contributed by atoms with Crippen LogP contribution in [-0.4, -0.2) is 78.9 Å². The first-order chi connectivity index (χ1) is 9.22. The SMILES string of the molecule is CC(CCN(C)C)NC(=O)N1CC(C)(OCC(=O)O)C1. The Labute approximate surface area is 119 Å². The molecule has 0 aromatic rings. The number of hydrogen-bond acceptors (Lipinski definition) is 4. The number of nitrogens with zero attached hydrogens (tertiary/aromatic N) is 2. The number of carbonyl (C=O) groups is 2. The average Bonchev–Trinajstić information content (AvgIpc) is 2.30. The van der Waals surface area contributed by atoms with Gasteiger partial charge in [0.05, 0.1) is 13.1 Å². The monoisotopic (exact) mass is 287 g/mol. The summed E-state index contributed by atoms with van der Waals surface area (Å²) in [6, 6.07) is -0.00986. The maximum atomic E-state index is 11.9. The molecule has 1 atom stereocenters. The third kappa shape index (κ3) is 5.34. The molecule has 7 nitrogen and oxygen atoms in total. The van der Waals surface area contributed by atoms with E-state index in [0.29, 0.717) is 13.1 Å². The summed E-state index contributed by atoms with van der Waals surface area (Å²) in [5, 5.41) is 11.5. The summed E-state index contributed by atoms with van der Waals surface area (Å²) in [7, 11) is 3.99. The molecule has 116 valence electrons. The molecule has 2 N–H and O–H groups in total. The van der Waals surface area contributed by atoms with E-state index in [2.05, 4.69) is 10.2 Å². The molecule has 7 heteroatoms. The summed E-state index contributed by atoms with van der Waals surface area (Å²) in [4.78, 5) is 26.1. The zero-order valence-electron chi connectivity index (χ0n) is 12.7. The Balaban J connectivity index is 2.25. The molecule has 0 radical (unpaired) electrons. The molecule has 0 bridgehead atoms. The van der Waals surface area contributed by atoms with Gasteiger partial charge in [0.2, 0.25) is 0 Å². The van der Waals surface area contributed by atoms with Crippen LogP contribution in [0.2, 0.25) is 0 Å². The fourth-order valence-corrected chi connectivity index (χ4v) is 2.06. The minimum Gasteiger partial charge on any atom is -0.480 e. The fraction of sp³-hybridized carbons (Fsp3) is 0.846. The number of aliphatic carboxylic acids is 1. The number of likely N-dealkylation sites (tertiary alicyclic amines) is 1. The van der Waals surface area contributed by atoms with Crippen molar-refractivity contribution < 1.29 is 19.4 Å². The third-order valence-corrected chi connectivity index (χ3v) is 3.26. The van der Waals surface area contributed by atoms with Gasteiger partial charge in [-0.2, -0.15) is 0 Å². The van der Waals surface area contributed by atoms with Gasteiger partial charge in [0.15, 0.2) is 0 Å². The third-order valence-electron chi connectivity index (χ3n) is 3.26. The van der Waals surface area contributed by atoms with Crippen molar-refractivity contribution in [2.45, 2.75) is 31.9 Å². The highest BCUT2D eigenvalue weighted by Crippen LogP contribution is 2.24. The van der Waals surface area contributed by atoms with Gasteiger partial charge in [-0.1, -0.05) is 0 Å². The van der Waals surface area contributed by atoms with E-state index in [0.717, 1.165) is 13.0 Å². The van der Waals surface area contributed by atoms with Crippen LogP contribution in [0.5, 0.6) is 0 Å². The Morgan fingerprint density at radius 2 is 2.05 bits per heavy atom. The molecule has 1 saturated heterocycles. The average molecular weight is 287 g/mol. The Kier molecular flexibility index (Phi) is 5.76.